The number of para-hydroxylation sites is 1. The van der Waals surface area contributed by atoms with Gasteiger partial charge in [-0.2, -0.15) is 0 Å². The third-order valence-electron chi connectivity index (χ3n) is 3.56. The molecule has 1 unspecified atom stereocenters. The number of halogens is 1. The van der Waals surface area contributed by atoms with Crippen LogP contribution in [0.15, 0.2) is 30.3 Å². The molecule has 1 atom stereocenters. The number of aromatic nitrogens is 2. The highest BCUT2D eigenvalue weighted by Gasteiger charge is 2.19. The summed E-state index contributed by atoms with van der Waals surface area (Å²) in [6.07, 6.45) is 2.14. The molecule has 1 N–H and O–H groups in total. The highest BCUT2D eigenvalue weighted by Crippen LogP contribution is 2.28. The molecule has 0 saturated heterocycles. The van der Waals surface area contributed by atoms with Gasteiger partial charge in [0.05, 0.1) is 5.69 Å². The molecule has 4 heteroatoms. The van der Waals surface area contributed by atoms with Crippen LogP contribution in [0, 0.1) is 6.92 Å². The molecule has 0 aliphatic carbocycles. The van der Waals surface area contributed by atoms with E-state index in [1.165, 1.54) is 11.3 Å². The predicted octanol–water partition coefficient (Wildman–Crippen LogP) is 3.58. The van der Waals surface area contributed by atoms with E-state index in [-0.39, 0.29) is 0 Å². The summed E-state index contributed by atoms with van der Waals surface area (Å²) in [7, 11) is 0. The molecule has 0 radical (unpaired) electrons. The van der Waals surface area contributed by atoms with Crippen LogP contribution in [0.5, 0.6) is 0 Å². The molecule has 1 aromatic heterocycles. The van der Waals surface area contributed by atoms with Gasteiger partial charge in [-0.15, -0.1) is 0 Å². The summed E-state index contributed by atoms with van der Waals surface area (Å²) in [4.78, 5) is 8.65. The van der Waals surface area contributed by atoms with E-state index in [1.807, 2.05) is 13.0 Å². The minimum atomic E-state index is 0.381. The molecule has 19 heavy (non-hydrogen) atoms. The second kappa shape index (κ2) is 5.17. The van der Waals surface area contributed by atoms with E-state index in [0.717, 1.165) is 30.9 Å². The Morgan fingerprint density at radius 1 is 1.26 bits per heavy atom. The van der Waals surface area contributed by atoms with Crippen LogP contribution in [0.2, 0.25) is 5.15 Å². The Balaban J connectivity index is 1.85. The molecular weight excluding hydrogens is 258 g/mol. The molecule has 1 aromatic carbocycles. The van der Waals surface area contributed by atoms with Gasteiger partial charge in [-0.25, -0.2) is 9.97 Å². The lowest BCUT2D eigenvalue weighted by Crippen LogP contribution is -2.13. The highest BCUT2D eigenvalue weighted by molar-refractivity contribution is 6.29. The molecule has 3 rings (SSSR count). The number of hydrogen-bond acceptors (Lipinski definition) is 3. The second-order valence-corrected chi connectivity index (χ2v) is 5.32. The summed E-state index contributed by atoms with van der Waals surface area (Å²) >= 11 is 6.03. The van der Waals surface area contributed by atoms with E-state index >= 15 is 0 Å². The van der Waals surface area contributed by atoms with Crippen LogP contribution in [0.1, 0.15) is 29.4 Å². The van der Waals surface area contributed by atoms with Gasteiger partial charge in [0.25, 0.3) is 0 Å². The van der Waals surface area contributed by atoms with Crippen molar-refractivity contribution >= 4 is 17.3 Å². The summed E-state index contributed by atoms with van der Waals surface area (Å²) in [5.74, 6) is 1.12. The van der Waals surface area contributed by atoms with Gasteiger partial charge < -0.3 is 5.32 Å². The van der Waals surface area contributed by atoms with Crippen LogP contribution in [0.25, 0.3) is 0 Å². The zero-order chi connectivity index (χ0) is 13.2. The summed E-state index contributed by atoms with van der Waals surface area (Å²) < 4.78 is 0. The topological polar surface area (TPSA) is 37.8 Å². The van der Waals surface area contributed by atoms with Crippen molar-refractivity contribution in [1.29, 1.82) is 0 Å². The summed E-state index contributed by atoms with van der Waals surface area (Å²) in [6, 6.07) is 10.4. The first kappa shape index (κ1) is 12.4. The fourth-order valence-electron chi connectivity index (χ4n) is 2.59. The number of aryl methyl sites for hydroxylation is 2. The number of rotatable bonds is 1. The monoisotopic (exact) mass is 273 g/mol. The van der Waals surface area contributed by atoms with Gasteiger partial charge in [-0.1, -0.05) is 29.8 Å². The van der Waals surface area contributed by atoms with Gasteiger partial charge in [-0.05, 0) is 37.5 Å². The predicted molar refractivity (Wildman–Crippen MR) is 77.8 cm³/mol. The first-order valence-corrected chi connectivity index (χ1v) is 6.93. The largest absolute Gasteiger partial charge is 0.384 e. The van der Waals surface area contributed by atoms with Gasteiger partial charge >= 0.3 is 0 Å². The number of benzene rings is 1. The van der Waals surface area contributed by atoms with Crippen molar-refractivity contribution in [1.82, 2.24) is 9.97 Å². The maximum Gasteiger partial charge on any atom is 0.133 e. The second-order valence-electron chi connectivity index (χ2n) is 4.94. The highest BCUT2D eigenvalue weighted by atomic mass is 35.5. The van der Waals surface area contributed by atoms with Gasteiger partial charge in [0.2, 0.25) is 0 Å². The van der Waals surface area contributed by atoms with E-state index in [0.29, 0.717) is 11.1 Å². The van der Waals surface area contributed by atoms with Crippen molar-refractivity contribution in [2.24, 2.45) is 0 Å². The average molecular weight is 274 g/mol. The molecule has 0 saturated carbocycles. The molecule has 0 fully saturated rings. The van der Waals surface area contributed by atoms with Crippen molar-refractivity contribution < 1.29 is 0 Å². The number of nitrogens with one attached hydrogen (secondary N) is 1. The van der Waals surface area contributed by atoms with Crippen molar-refractivity contribution in [3.8, 4) is 0 Å². The minimum absolute atomic E-state index is 0.381. The fourth-order valence-corrected chi connectivity index (χ4v) is 2.82. The van der Waals surface area contributed by atoms with Gasteiger partial charge in [0.1, 0.15) is 11.0 Å². The van der Waals surface area contributed by atoms with Crippen molar-refractivity contribution in [2.75, 3.05) is 11.9 Å². The van der Waals surface area contributed by atoms with E-state index in [9.17, 15) is 0 Å². The average Bonchev–Trinajstić information content (AvgIpc) is 2.60. The Morgan fingerprint density at radius 3 is 2.95 bits per heavy atom. The van der Waals surface area contributed by atoms with Crippen LogP contribution < -0.4 is 5.32 Å². The minimum Gasteiger partial charge on any atom is -0.384 e. The molecule has 2 aromatic rings. The maximum absolute atomic E-state index is 6.03. The van der Waals surface area contributed by atoms with Crippen molar-refractivity contribution in [3.05, 3.63) is 52.6 Å². The van der Waals surface area contributed by atoms with E-state index in [1.54, 1.807) is 0 Å². The molecule has 1 aliphatic rings. The molecule has 0 spiro atoms. The summed E-state index contributed by atoms with van der Waals surface area (Å²) in [5, 5.41) is 4.04. The number of hydrogen-bond donors (Lipinski definition) is 1. The van der Waals surface area contributed by atoms with E-state index < -0.39 is 0 Å². The Bertz CT molecular complexity index is 550. The Labute approximate surface area is 118 Å². The van der Waals surface area contributed by atoms with Gasteiger partial charge in [0, 0.05) is 18.2 Å². The quantitative estimate of drug-likeness (QED) is 0.807. The van der Waals surface area contributed by atoms with Gasteiger partial charge in [0.15, 0.2) is 0 Å². The number of fused-ring (bicyclic) bond motifs is 1. The molecular formula is C15H16ClN3. The molecule has 0 bridgehead atoms. The van der Waals surface area contributed by atoms with E-state index in [2.05, 4.69) is 39.6 Å². The summed E-state index contributed by atoms with van der Waals surface area (Å²) in [6.45, 7) is 2.78. The summed E-state index contributed by atoms with van der Waals surface area (Å²) in [5.41, 5.74) is 3.65. The number of anilines is 1. The maximum atomic E-state index is 6.03. The molecule has 0 amide bonds. The van der Waals surface area contributed by atoms with Crippen LogP contribution in [0.3, 0.4) is 0 Å². The normalized spacial score (nSPS) is 18.3. The third kappa shape index (κ3) is 2.71. The van der Waals surface area contributed by atoms with Crippen LogP contribution in [-0.4, -0.2) is 16.5 Å². The molecule has 1 aliphatic heterocycles. The molecule has 98 valence electrons. The molecule has 3 nitrogen and oxygen atoms in total. The van der Waals surface area contributed by atoms with Crippen LogP contribution >= 0.6 is 11.6 Å². The number of nitrogens with zero attached hydrogens (tertiary/aromatic N) is 2. The Morgan fingerprint density at radius 2 is 2.11 bits per heavy atom. The van der Waals surface area contributed by atoms with Crippen molar-refractivity contribution in [3.63, 3.8) is 0 Å². The lowest BCUT2D eigenvalue weighted by molar-refractivity contribution is 0.641. The van der Waals surface area contributed by atoms with E-state index in [4.69, 9.17) is 11.6 Å². The standard InChI is InChI=1S/C15H16ClN3/c1-10-18-14(8-15(16)19-10)12-7-6-11-4-2-3-5-13(11)17-9-12/h2-5,8,12,17H,6-7,9H2,1H3. The fraction of sp³-hybridized carbons (Fsp3) is 0.333. The lowest BCUT2D eigenvalue weighted by Gasteiger charge is -2.14. The zero-order valence-electron chi connectivity index (χ0n) is 10.9. The SMILES string of the molecule is Cc1nc(Cl)cc(C2CCc3ccccc3NC2)n1. The Hall–Kier alpha value is -1.61. The smallest absolute Gasteiger partial charge is 0.133 e. The van der Waals surface area contributed by atoms with Crippen LogP contribution in [-0.2, 0) is 6.42 Å². The van der Waals surface area contributed by atoms with Crippen LogP contribution in [0.4, 0.5) is 5.69 Å². The van der Waals surface area contributed by atoms with Crippen molar-refractivity contribution in [2.45, 2.75) is 25.7 Å². The molecule has 2 heterocycles. The zero-order valence-corrected chi connectivity index (χ0v) is 11.6. The lowest BCUT2D eigenvalue weighted by atomic mass is 9.98. The Kier molecular flexibility index (Phi) is 3.38. The third-order valence-corrected chi connectivity index (χ3v) is 3.76. The first-order valence-electron chi connectivity index (χ1n) is 6.55. The van der Waals surface area contributed by atoms with Gasteiger partial charge in [-0.3, -0.25) is 0 Å². The first-order chi connectivity index (χ1) is 9.22.